The maximum atomic E-state index is 12.9. The van der Waals surface area contributed by atoms with Crippen molar-refractivity contribution in [3.63, 3.8) is 0 Å². The summed E-state index contributed by atoms with van der Waals surface area (Å²) < 4.78 is 28.3. The van der Waals surface area contributed by atoms with Crippen LogP contribution in [-0.2, 0) is 22.9 Å². The van der Waals surface area contributed by atoms with Gasteiger partial charge in [0.1, 0.15) is 11.6 Å². The van der Waals surface area contributed by atoms with Gasteiger partial charge in [-0.3, -0.25) is 9.52 Å². The van der Waals surface area contributed by atoms with Gasteiger partial charge in [0.15, 0.2) is 0 Å². The molecule has 10 heteroatoms. The van der Waals surface area contributed by atoms with Crippen LogP contribution in [0.3, 0.4) is 0 Å². The number of carbonyl (C=O) groups excluding carboxylic acids is 1. The van der Waals surface area contributed by atoms with E-state index in [1.165, 1.54) is 0 Å². The number of halogens is 1. The summed E-state index contributed by atoms with van der Waals surface area (Å²) in [6, 6.07) is 5.45. The second kappa shape index (κ2) is 7.92. The standard InChI is InChI=1S/C19H21ClN4O4S/c1-3-5-10-6-11(7-15-17(10)23-16(4-2)22-15)24-29(27,28)12-8-13(19(21)26)18(25)14(20)9-12/h6-9,24-25H,3-5H2,1-2H3,(H2,21,26)(H,22,23). The number of imidazole rings is 1. The summed E-state index contributed by atoms with van der Waals surface area (Å²) in [5, 5.41) is 9.54. The molecule has 154 valence electrons. The van der Waals surface area contributed by atoms with E-state index in [-0.39, 0.29) is 15.5 Å². The highest BCUT2D eigenvalue weighted by atomic mass is 35.5. The van der Waals surface area contributed by atoms with Crippen LogP contribution in [0.15, 0.2) is 29.2 Å². The summed E-state index contributed by atoms with van der Waals surface area (Å²) in [4.78, 5) is 19.0. The van der Waals surface area contributed by atoms with Crippen molar-refractivity contribution in [1.82, 2.24) is 9.97 Å². The third kappa shape index (κ3) is 4.15. The number of nitrogens with two attached hydrogens (primary N) is 1. The Morgan fingerprint density at radius 1 is 1.28 bits per heavy atom. The molecule has 0 aliphatic carbocycles. The number of anilines is 1. The molecule has 3 aromatic rings. The molecule has 0 unspecified atom stereocenters. The van der Waals surface area contributed by atoms with Gasteiger partial charge in [0.2, 0.25) is 0 Å². The van der Waals surface area contributed by atoms with Gasteiger partial charge >= 0.3 is 0 Å². The van der Waals surface area contributed by atoms with E-state index in [0.717, 1.165) is 53.8 Å². The zero-order valence-corrected chi connectivity index (χ0v) is 17.5. The van der Waals surface area contributed by atoms with Gasteiger partial charge in [0.05, 0.1) is 32.2 Å². The number of carbonyl (C=O) groups is 1. The highest BCUT2D eigenvalue weighted by Gasteiger charge is 2.22. The Labute approximate surface area is 173 Å². The first-order chi connectivity index (χ1) is 13.7. The zero-order valence-electron chi connectivity index (χ0n) is 15.9. The largest absolute Gasteiger partial charge is 0.506 e. The first-order valence-corrected chi connectivity index (χ1v) is 10.9. The molecule has 2 aromatic carbocycles. The van der Waals surface area contributed by atoms with E-state index in [4.69, 9.17) is 17.3 Å². The van der Waals surface area contributed by atoms with Crippen LogP contribution < -0.4 is 10.5 Å². The number of aryl methyl sites for hydroxylation is 2. The van der Waals surface area contributed by atoms with Crippen LogP contribution in [0.2, 0.25) is 5.02 Å². The number of hydrogen-bond acceptors (Lipinski definition) is 5. The molecule has 0 aliphatic heterocycles. The number of benzene rings is 2. The van der Waals surface area contributed by atoms with Crippen molar-refractivity contribution in [2.24, 2.45) is 5.73 Å². The van der Waals surface area contributed by atoms with Gasteiger partial charge in [0, 0.05) is 6.42 Å². The number of phenols is 1. The Balaban J connectivity index is 2.07. The molecular weight excluding hydrogens is 416 g/mol. The van der Waals surface area contributed by atoms with E-state index in [2.05, 4.69) is 14.7 Å². The number of primary amides is 1. The number of aromatic amines is 1. The molecule has 0 aliphatic rings. The number of hydrogen-bond donors (Lipinski definition) is 4. The molecule has 1 amide bonds. The predicted molar refractivity (Wildman–Crippen MR) is 112 cm³/mol. The molecule has 1 aromatic heterocycles. The summed E-state index contributed by atoms with van der Waals surface area (Å²) in [6.07, 6.45) is 2.33. The number of nitrogens with one attached hydrogen (secondary N) is 2. The molecular formula is C19H21ClN4O4S. The minimum atomic E-state index is -4.10. The smallest absolute Gasteiger partial charge is 0.261 e. The van der Waals surface area contributed by atoms with Crippen molar-refractivity contribution in [1.29, 1.82) is 0 Å². The topological polar surface area (TPSA) is 138 Å². The van der Waals surface area contributed by atoms with E-state index in [1.54, 1.807) is 12.1 Å². The van der Waals surface area contributed by atoms with Gasteiger partial charge in [-0.1, -0.05) is 31.9 Å². The van der Waals surface area contributed by atoms with E-state index in [0.29, 0.717) is 5.69 Å². The first-order valence-electron chi connectivity index (χ1n) is 9.02. The molecule has 0 radical (unpaired) electrons. The van der Waals surface area contributed by atoms with E-state index in [1.807, 2.05) is 13.8 Å². The SMILES string of the molecule is CCCc1cc(NS(=O)(=O)c2cc(Cl)c(O)c(C(N)=O)c2)cc2[nH]c(CC)nc12. The highest BCUT2D eigenvalue weighted by Crippen LogP contribution is 2.32. The molecule has 5 N–H and O–H groups in total. The van der Waals surface area contributed by atoms with Crippen molar-refractivity contribution in [2.75, 3.05) is 4.72 Å². The Morgan fingerprint density at radius 3 is 2.62 bits per heavy atom. The van der Waals surface area contributed by atoms with Crippen molar-refractivity contribution >= 4 is 44.3 Å². The fourth-order valence-corrected chi connectivity index (χ4v) is 4.43. The predicted octanol–water partition coefficient (Wildman–Crippen LogP) is 3.34. The lowest BCUT2D eigenvalue weighted by atomic mass is 10.1. The van der Waals surface area contributed by atoms with Gasteiger partial charge in [-0.15, -0.1) is 0 Å². The molecule has 8 nitrogen and oxygen atoms in total. The lowest BCUT2D eigenvalue weighted by Gasteiger charge is -2.12. The Bertz CT molecular complexity index is 1200. The molecule has 0 fully saturated rings. The fourth-order valence-electron chi connectivity index (χ4n) is 3.06. The maximum Gasteiger partial charge on any atom is 0.261 e. The van der Waals surface area contributed by atoms with Crippen LogP contribution in [0.25, 0.3) is 11.0 Å². The Hall–Kier alpha value is -2.78. The van der Waals surface area contributed by atoms with Gasteiger partial charge in [-0.05, 0) is 36.2 Å². The number of sulfonamides is 1. The van der Waals surface area contributed by atoms with Crippen LogP contribution in [-0.4, -0.2) is 29.4 Å². The molecule has 3 rings (SSSR count). The van der Waals surface area contributed by atoms with Crippen molar-refractivity contribution < 1.29 is 18.3 Å². The first kappa shape index (κ1) is 20.9. The monoisotopic (exact) mass is 436 g/mol. The number of amides is 1. The number of aromatic nitrogens is 2. The van der Waals surface area contributed by atoms with E-state index >= 15 is 0 Å². The number of aromatic hydroxyl groups is 1. The second-order valence-corrected chi connectivity index (χ2v) is 8.68. The fraction of sp³-hybridized carbons (Fsp3) is 0.263. The minimum Gasteiger partial charge on any atom is -0.506 e. The average molecular weight is 437 g/mol. The molecule has 0 saturated heterocycles. The average Bonchev–Trinajstić information content (AvgIpc) is 3.06. The lowest BCUT2D eigenvalue weighted by Crippen LogP contribution is -2.16. The summed E-state index contributed by atoms with van der Waals surface area (Å²) in [6.45, 7) is 4.01. The molecule has 0 bridgehead atoms. The Morgan fingerprint density at radius 2 is 2.00 bits per heavy atom. The summed E-state index contributed by atoms with van der Waals surface area (Å²) in [7, 11) is -4.10. The molecule has 0 saturated carbocycles. The Kier molecular flexibility index (Phi) is 5.72. The molecule has 29 heavy (non-hydrogen) atoms. The molecule has 0 spiro atoms. The number of nitrogens with zero attached hydrogens (tertiary/aromatic N) is 1. The normalized spacial score (nSPS) is 11.7. The van der Waals surface area contributed by atoms with Crippen LogP contribution in [0.5, 0.6) is 5.75 Å². The van der Waals surface area contributed by atoms with Crippen molar-refractivity contribution in [3.8, 4) is 5.75 Å². The third-order valence-electron chi connectivity index (χ3n) is 4.43. The zero-order chi connectivity index (χ0) is 21.3. The van der Waals surface area contributed by atoms with Crippen LogP contribution in [0.4, 0.5) is 5.69 Å². The van der Waals surface area contributed by atoms with Crippen LogP contribution in [0.1, 0.15) is 42.0 Å². The molecule has 0 atom stereocenters. The van der Waals surface area contributed by atoms with Crippen LogP contribution in [0, 0.1) is 0 Å². The van der Waals surface area contributed by atoms with Crippen molar-refractivity contribution in [2.45, 2.75) is 38.0 Å². The van der Waals surface area contributed by atoms with Crippen molar-refractivity contribution in [3.05, 3.63) is 46.2 Å². The quantitative estimate of drug-likeness (QED) is 0.450. The van der Waals surface area contributed by atoms with E-state index < -0.39 is 21.7 Å². The summed E-state index contributed by atoms with van der Waals surface area (Å²) in [5.74, 6) is -0.735. The highest BCUT2D eigenvalue weighted by molar-refractivity contribution is 7.92. The van der Waals surface area contributed by atoms with Gasteiger partial charge < -0.3 is 15.8 Å². The van der Waals surface area contributed by atoms with Crippen LogP contribution >= 0.6 is 11.6 Å². The number of H-pyrrole nitrogens is 1. The maximum absolute atomic E-state index is 12.9. The number of rotatable bonds is 7. The van der Waals surface area contributed by atoms with E-state index in [9.17, 15) is 18.3 Å². The summed E-state index contributed by atoms with van der Waals surface area (Å²) >= 11 is 5.87. The van der Waals surface area contributed by atoms with Gasteiger partial charge in [-0.25, -0.2) is 13.4 Å². The van der Waals surface area contributed by atoms with Gasteiger partial charge in [-0.2, -0.15) is 0 Å². The summed E-state index contributed by atoms with van der Waals surface area (Å²) in [5.41, 5.74) is 7.63. The minimum absolute atomic E-state index is 0.287. The lowest BCUT2D eigenvalue weighted by molar-refractivity contribution is 0.0997. The number of fused-ring (bicyclic) bond motifs is 1. The molecule has 1 heterocycles. The third-order valence-corrected chi connectivity index (χ3v) is 6.08. The van der Waals surface area contributed by atoms with Gasteiger partial charge in [0.25, 0.3) is 15.9 Å². The second-order valence-electron chi connectivity index (χ2n) is 6.59.